The SMILES string of the molecule is O=C(Nc1cccc([C@@H]2SCC(=O)N2c2ccc(C(F)(F)F)cc2)c1)C1CCCCC1. The Balaban J connectivity index is 1.53. The van der Waals surface area contributed by atoms with Gasteiger partial charge in [0.15, 0.2) is 0 Å². The minimum absolute atomic E-state index is 0.0200. The molecule has 1 saturated heterocycles. The number of benzene rings is 2. The molecule has 1 aliphatic carbocycles. The molecule has 1 saturated carbocycles. The zero-order valence-electron chi connectivity index (χ0n) is 16.8. The highest BCUT2D eigenvalue weighted by atomic mass is 32.2. The molecule has 0 spiro atoms. The van der Waals surface area contributed by atoms with E-state index in [1.807, 2.05) is 24.3 Å². The molecule has 2 aromatic rings. The minimum atomic E-state index is -4.42. The van der Waals surface area contributed by atoms with E-state index in [9.17, 15) is 22.8 Å². The highest BCUT2D eigenvalue weighted by Crippen LogP contribution is 2.43. The Morgan fingerprint density at radius 1 is 1.03 bits per heavy atom. The molecular formula is C23H23F3N2O2S. The van der Waals surface area contributed by atoms with E-state index >= 15 is 0 Å². The lowest BCUT2D eigenvalue weighted by Crippen LogP contribution is -2.28. The normalized spacial score (nSPS) is 20.2. The first-order valence-electron chi connectivity index (χ1n) is 10.3. The van der Waals surface area contributed by atoms with Gasteiger partial charge in [-0.15, -0.1) is 11.8 Å². The Hall–Kier alpha value is -2.48. The predicted octanol–water partition coefficient (Wildman–Crippen LogP) is 6.00. The van der Waals surface area contributed by atoms with Gasteiger partial charge in [0.2, 0.25) is 11.8 Å². The molecule has 1 N–H and O–H groups in total. The molecule has 31 heavy (non-hydrogen) atoms. The number of anilines is 2. The van der Waals surface area contributed by atoms with E-state index in [2.05, 4.69) is 5.32 Å². The molecule has 2 fully saturated rings. The molecule has 1 atom stereocenters. The van der Waals surface area contributed by atoms with Crippen LogP contribution in [-0.4, -0.2) is 17.6 Å². The zero-order chi connectivity index (χ0) is 22.0. The van der Waals surface area contributed by atoms with Crippen LogP contribution in [0.25, 0.3) is 0 Å². The number of thioether (sulfide) groups is 1. The monoisotopic (exact) mass is 448 g/mol. The highest BCUT2D eigenvalue weighted by Gasteiger charge is 2.35. The van der Waals surface area contributed by atoms with Crippen molar-refractivity contribution in [2.24, 2.45) is 5.92 Å². The van der Waals surface area contributed by atoms with E-state index in [4.69, 9.17) is 0 Å². The summed E-state index contributed by atoms with van der Waals surface area (Å²) in [6.45, 7) is 0. The number of alkyl halides is 3. The van der Waals surface area contributed by atoms with Gasteiger partial charge in [0, 0.05) is 17.3 Å². The van der Waals surface area contributed by atoms with Crippen LogP contribution < -0.4 is 10.2 Å². The summed E-state index contributed by atoms with van der Waals surface area (Å²) < 4.78 is 38.6. The van der Waals surface area contributed by atoms with Crippen LogP contribution in [0, 0.1) is 5.92 Å². The number of nitrogens with zero attached hydrogens (tertiary/aromatic N) is 1. The molecule has 4 nitrogen and oxygen atoms in total. The van der Waals surface area contributed by atoms with Crippen molar-refractivity contribution in [2.45, 2.75) is 43.7 Å². The summed E-state index contributed by atoms with van der Waals surface area (Å²) in [7, 11) is 0. The Bertz CT molecular complexity index is 956. The van der Waals surface area contributed by atoms with Crippen LogP contribution in [0.2, 0.25) is 0 Å². The molecular weight excluding hydrogens is 425 g/mol. The van der Waals surface area contributed by atoms with Crippen molar-refractivity contribution in [1.29, 1.82) is 0 Å². The van der Waals surface area contributed by atoms with E-state index in [-0.39, 0.29) is 28.9 Å². The average Bonchev–Trinajstić information content (AvgIpc) is 3.15. The molecule has 0 aromatic heterocycles. The van der Waals surface area contributed by atoms with Crippen LogP contribution in [0.15, 0.2) is 48.5 Å². The fourth-order valence-corrected chi connectivity index (χ4v) is 5.31. The van der Waals surface area contributed by atoms with Crippen LogP contribution in [0.4, 0.5) is 24.5 Å². The van der Waals surface area contributed by atoms with Crippen molar-refractivity contribution in [3.05, 3.63) is 59.7 Å². The van der Waals surface area contributed by atoms with Gasteiger partial charge in [0.1, 0.15) is 5.37 Å². The lowest BCUT2D eigenvalue weighted by atomic mass is 9.88. The summed E-state index contributed by atoms with van der Waals surface area (Å²) in [5, 5.41) is 2.62. The van der Waals surface area contributed by atoms with Gasteiger partial charge in [-0.05, 0) is 54.8 Å². The number of carbonyl (C=O) groups is 2. The molecule has 8 heteroatoms. The van der Waals surface area contributed by atoms with Crippen LogP contribution in [0.1, 0.15) is 48.6 Å². The number of halogens is 3. The number of rotatable bonds is 4. The van der Waals surface area contributed by atoms with Crippen molar-refractivity contribution >= 4 is 35.0 Å². The van der Waals surface area contributed by atoms with E-state index in [0.29, 0.717) is 11.4 Å². The first kappa shape index (κ1) is 21.7. The van der Waals surface area contributed by atoms with Gasteiger partial charge in [-0.3, -0.25) is 14.5 Å². The van der Waals surface area contributed by atoms with Gasteiger partial charge < -0.3 is 5.32 Å². The van der Waals surface area contributed by atoms with E-state index in [1.54, 1.807) is 0 Å². The number of nitrogens with one attached hydrogen (secondary N) is 1. The maximum atomic E-state index is 12.9. The number of hydrogen-bond acceptors (Lipinski definition) is 3. The maximum Gasteiger partial charge on any atom is 0.416 e. The molecule has 0 unspecified atom stereocenters. The molecule has 0 radical (unpaired) electrons. The Morgan fingerprint density at radius 2 is 1.74 bits per heavy atom. The first-order valence-corrected chi connectivity index (χ1v) is 11.4. The van der Waals surface area contributed by atoms with Crippen LogP contribution in [0.3, 0.4) is 0 Å². The number of amides is 2. The molecule has 2 aliphatic rings. The third-order valence-corrected chi connectivity index (χ3v) is 6.97. The second kappa shape index (κ2) is 8.94. The van der Waals surface area contributed by atoms with Crippen LogP contribution in [-0.2, 0) is 15.8 Å². The summed E-state index contributed by atoms with van der Waals surface area (Å²) in [4.78, 5) is 26.6. The van der Waals surface area contributed by atoms with Crippen molar-refractivity contribution in [3.63, 3.8) is 0 Å². The minimum Gasteiger partial charge on any atom is -0.326 e. The van der Waals surface area contributed by atoms with E-state index in [0.717, 1.165) is 43.4 Å². The lowest BCUT2D eigenvalue weighted by Gasteiger charge is -2.25. The van der Waals surface area contributed by atoms with Gasteiger partial charge in [-0.1, -0.05) is 31.4 Å². The van der Waals surface area contributed by atoms with Crippen LogP contribution in [0.5, 0.6) is 0 Å². The summed E-state index contributed by atoms with van der Waals surface area (Å²) in [5.41, 5.74) is 1.15. The molecule has 1 heterocycles. The van der Waals surface area contributed by atoms with Crippen molar-refractivity contribution < 1.29 is 22.8 Å². The second-order valence-electron chi connectivity index (χ2n) is 7.92. The van der Waals surface area contributed by atoms with Gasteiger partial charge in [0.25, 0.3) is 0 Å². The molecule has 2 aromatic carbocycles. The third-order valence-electron chi connectivity index (χ3n) is 5.76. The fraction of sp³-hybridized carbons (Fsp3) is 0.391. The number of carbonyl (C=O) groups excluding carboxylic acids is 2. The molecule has 1 aliphatic heterocycles. The molecule has 0 bridgehead atoms. The Kier molecular flexibility index (Phi) is 6.27. The van der Waals surface area contributed by atoms with Crippen molar-refractivity contribution in [2.75, 3.05) is 16.0 Å². The smallest absolute Gasteiger partial charge is 0.326 e. The van der Waals surface area contributed by atoms with Gasteiger partial charge >= 0.3 is 6.18 Å². The summed E-state index contributed by atoms with van der Waals surface area (Å²) in [6.07, 6.45) is 0.695. The molecule has 4 rings (SSSR count). The standard InChI is InChI=1S/C23H23F3N2O2S/c24-23(25,26)17-9-11-19(12-10-17)28-20(29)14-31-22(28)16-7-4-8-18(13-16)27-21(30)15-5-2-1-3-6-15/h4,7-13,15,22H,1-3,5-6,14H2,(H,27,30)/t22-/m0/s1. The number of hydrogen-bond donors (Lipinski definition) is 1. The third kappa shape index (κ3) is 4.89. The highest BCUT2D eigenvalue weighted by molar-refractivity contribution is 8.00. The van der Waals surface area contributed by atoms with E-state index in [1.165, 1.54) is 35.2 Å². The van der Waals surface area contributed by atoms with Gasteiger partial charge in [-0.2, -0.15) is 13.2 Å². The van der Waals surface area contributed by atoms with Gasteiger partial charge in [0.05, 0.1) is 11.3 Å². The summed E-state index contributed by atoms with van der Waals surface area (Å²) in [6, 6.07) is 12.0. The maximum absolute atomic E-state index is 12.9. The average molecular weight is 449 g/mol. The second-order valence-corrected chi connectivity index (χ2v) is 8.99. The zero-order valence-corrected chi connectivity index (χ0v) is 17.6. The first-order chi connectivity index (χ1) is 14.8. The summed E-state index contributed by atoms with van der Waals surface area (Å²) in [5.74, 6) is 0.131. The van der Waals surface area contributed by atoms with Crippen molar-refractivity contribution in [1.82, 2.24) is 0 Å². The predicted molar refractivity (Wildman–Crippen MR) is 116 cm³/mol. The largest absolute Gasteiger partial charge is 0.416 e. The topological polar surface area (TPSA) is 49.4 Å². The molecule has 2 amide bonds. The Morgan fingerprint density at radius 3 is 2.42 bits per heavy atom. The van der Waals surface area contributed by atoms with Crippen molar-refractivity contribution in [3.8, 4) is 0 Å². The lowest BCUT2D eigenvalue weighted by molar-refractivity contribution is -0.137. The quantitative estimate of drug-likeness (QED) is 0.624. The molecule has 164 valence electrons. The van der Waals surface area contributed by atoms with E-state index < -0.39 is 11.7 Å². The van der Waals surface area contributed by atoms with Crippen LogP contribution >= 0.6 is 11.8 Å². The fourth-order valence-electron chi connectivity index (χ4n) is 4.14. The Labute approximate surface area is 183 Å². The van der Waals surface area contributed by atoms with Gasteiger partial charge in [-0.25, -0.2) is 0 Å². The summed E-state index contributed by atoms with van der Waals surface area (Å²) >= 11 is 1.41.